The van der Waals surface area contributed by atoms with E-state index in [2.05, 4.69) is 0 Å². The van der Waals surface area contributed by atoms with Crippen molar-refractivity contribution < 1.29 is 33.4 Å². The molecule has 0 radical (unpaired) electrons. The number of carboxylic acid groups (broad SMARTS) is 1. The molecule has 0 bridgehead atoms. The minimum absolute atomic E-state index is 0.0304. The van der Waals surface area contributed by atoms with E-state index in [0.717, 1.165) is 18.2 Å². The zero-order valence-corrected chi connectivity index (χ0v) is 20.8. The Morgan fingerprint density at radius 3 is 2.57 bits per heavy atom. The molecule has 0 aromatic heterocycles. The van der Waals surface area contributed by atoms with E-state index >= 15 is 0 Å². The number of halogens is 2. The SMILES string of the molecule is CC(O)C1C(=O)N2C(C(=O)O)=C(SC3CC(C(=O)N(C)C)N(Cc4cc(F)ccc4F)C3)C(C)C12. The third-order valence-corrected chi connectivity index (χ3v) is 8.57. The van der Waals surface area contributed by atoms with E-state index in [0.29, 0.717) is 17.9 Å². The molecule has 6 atom stereocenters. The number of β-lactam (4-membered cyclic amide) rings is 1. The molecule has 0 aliphatic carbocycles. The van der Waals surface area contributed by atoms with Crippen LogP contribution in [0.4, 0.5) is 8.78 Å². The smallest absolute Gasteiger partial charge is 0.353 e. The van der Waals surface area contributed by atoms with Crippen molar-refractivity contribution in [3.05, 3.63) is 46.0 Å². The van der Waals surface area contributed by atoms with Crippen molar-refractivity contribution in [2.75, 3.05) is 20.6 Å². The maximum atomic E-state index is 14.3. The van der Waals surface area contributed by atoms with Crippen molar-refractivity contribution in [3.8, 4) is 0 Å². The number of carbonyl (C=O) groups excluding carboxylic acids is 2. The van der Waals surface area contributed by atoms with Crippen LogP contribution < -0.4 is 0 Å². The van der Waals surface area contributed by atoms with Gasteiger partial charge >= 0.3 is 5.97 Å². The second-order valence-corrected chi connectivity index (χ2v) is 11.0. The lowest BCUT2D eigenvalue weighted by atomic mass is 9.79. The molecule has 11 heteroatoms. The van der Waals surface area contributed by atoms with Crippen LogP contribution in [0, 0.1) is 23.5 Å². The minimum atomic E-state index is -1.21. The lowest BCUT2D eigenvalue weighted by molar-refractivity contribution is -0.163. The molecular formula is C24H29F2N3O5S. The Labute approximate surface area is 206 Å². The number of carboxylic acids is 1. The van der Waals surface area contributed by atoms with Crippen molar-refractivity contribution >= 4 is 29.5 Å². The summed E-state index contributed by atoms with van der Waals surface area (Å²) < 4.78 is 28.1. The van der Waals surface area contributed by atoms with Gasteiger partial charge in [-0.2, -0.15) is 0 Å². The number of likely N-dealkylation sites (tertiary alicyclic amines) is 1. The van der Waals surface area contributed by atoms with E-state index in [9.17, 15) is 33.4 Å². The fraction of sp³-hybridized carbons (Fsp3) is 0.542. The molecule has 0 saturated carbocycles. The Bertz CT molecular complexity index is 1090. The highest BCUT2D eigenvalue weighted by molar-refractivity contribution is 8.03. The van der Waals surface area contributed by atoms with Crippen molar-refractivity contribution in [3.63, 3.8) is 0 Å². The van der Waals surface area contributed by atoms with Crippen LogP contribution in [0.15, 0.2) is 28.8 Å². The fourth-order valence-corrected chi connectivity index (χ4v) is 6.97. The van der Waals surface area contributed by atoms with E-state index in [1.165, 1.54) is 28.5 Å². The van der Waals surface area contributed by atoms with E-state index in [-0.39, 0.29) is 34.9 Å². The second-order valence-electron chi connectivity index (χ2n) is 9.66. The van der Waals surface area contributed by atoms with E-state index < -0.39 is 47.6 Å². The molecule has 3 aliphatic heterocycles. The van der Waals surface area contributed by atoms with E-state index in [1.54, 1.807) is 19.0 Å². The first-order valence-electron chi connectivity index (χ1n) is 11.5. The molecule has 2 fully saturated rings. The van der Waals surface area contributed by atoms with Gasteiger partial charge in [0.1, 0.15) is 17.3 Å². The first-order valence-corrected chi connectivity index (χ1v) is 12.3. The molecule has 2 saturated heterocycles. The number of rotatable bonds is 7. The van der Waals surface area contributed by atoms with Gasteiger partial charge in [-0.3, -0.25) is 14.5 Å². The minimum Gasteiger partial charge on any atom is -0.477 e. The van der Waals surface area contributed by atoms with Gasteiger partial charge in [0.05, 0.1) is 24.1 Å². The molecule has 1 aromatic rings. The summed E-state index contributed by atoms with van der Waals surface area (Å²) in [5.74, 6) is -3.87. The molecule has 35 heavy (non-hydrogen) atoms. The van der Waals surface area contributed by atoms with Gasteiger partial charge in [0.2, 0.25) is 11.8 Å². The van der Waals surface area contributed by atoms with Gasteiger partial charge in [-0.05, 0) is 31.5 Å². The summed E-state index contributed by atoms with van der Waals surface area (Å²) in [6.45, 7) is 3.75. The quantitative estimate of drug-likeness (QED) is 0.542. The first-order chi connectivity index (χ1) is 16.4. The zero-order valence-electron chi connectivity index (χ0n) is 19.9. The highest BCUT2D eigenvalue weighted by Crippen LogP contribution is 2.52. The Morgan fingerprint density at radius 1 is 1.29 bits per heavy atom. The highest BCUT2D eigenvalue weighted by atomic mass is 32.2. The highest BCUT2D eigenvalue weighted by Gasteiger charge is 2.60. The number of thioether (sulfide) groups is 1. The second kappa shape index (κ2) is 9.51. The summed E-state index contributed by atoms with van der Waals surface area (Å²) in [5, 5.41) is 19.7. The Hall–Kier alpha value is -2.50. The van der Waals surface area contributed by atoms with Crippen molar-refractivity contribution in [1.29, 1.82) is 0 Å². The molecule has 0 spiro atoms. The number of aliphatic hydroxyl groups excluding tert-OH is 1. The normalized spacial score (nSPS) is 29.3. The third-order valence-electron chi connectivity index (χ3n) is 7.08. The van der Waals surface area contributed by atoms with Crippen LogP contribution in [-0.4, -0.2) is 86.8 Å². The summed E-state index contributed by atoms with van der Waals surface area (Å²) in [4.78, 5) is 42.7. The fourth-order valence-electron chi connectivity index (χ4n) is 5.42. The molecule has 3 heterocycles. The van der Waals surface area contributed by atoms with E-state index in [1.807, 2.05) is 6.92 Å². The monoisotopic (exact) mass is 509 g/mol. The maximum Gasteiger partial charge on any atom is 0.353 e. The number of hydrogen-bond donors (Lipinski definition) is 2. The van der Waals surface area contributed by atoms with Gasteiger partial charge in [-0.25, -0.2) is 13.6 Å². The molecule has 190 valence electrons. The van der Waals surface area contributed by atoms with Gasteiger partial charge < -0.3 is 20.0 Å². The number of hydrogen-bond acceptors (Lipinski definition) is 6. The molecule has 8 nitrogen and oxygen atoms in total. The summed E-state index contributed by atoms with van der Waals surface area (Å²) in [5.41, 5.74) is 0.0703. The number of carbonyl (C=O) groups is 3. The summed E-state index contributed by atoms with van der Waals surface area (Å²) >= 11 is 1.32. The lowest BCUT2D eigenvalue weighted by Crippen LogP contribution is -2.63. The Kier molecular flexibility index (Phi) is 6.96. The summed E-state index contributed by atoms with van der Waals surface area (Å²) in [6.07, 6.45) is -0.504. The molecule has 2 N–H and O–H groups in total. The number of aliphatic hydroxyl groups is 1. The van der Waals surface area contributed by atoms with Crippen LogP contribution in [0.1, 0.15) is 25.8 Å². The van der Waals surface area contributed by atoms with Gasteiger partial charge in [-0.15, -0.1) is 11.8 Å². The largest absolute Gasteiger partial charge is 0.477 e. The summed E-state index contributed by atoms with van der Waals surface area (Å²) in [6, 6.07) is 2.20. The molecule has 1 aromatic carbocycles. The topological polar surface area (TPSA) is 101 Å². The first kappa shape index (κ1) is 25.6. The van der Waals surface area contributed by atoms with Gasteiger partial charge in [0, 0.05) is 48.8 Å². The van der Waals surface area contributed by atoms with E-state index in [4.69, 9.17) is 0 Å². The van der Waals surface area contributed by atoms with Gasteiger partial charge in [0.15, 0.2) is 0 Å². The molecule has 3 aliphatic rings. The zero-order chi connectivity index (χ0) is 25.8. The predicted octanol–water partition coefficient (Wildman–Crippen LogP) is 1.88. The van der Waals surface area contributed by atoms with Crippen LogP contribution in [0.2, 0.25) is 0 Å². The molecular weight excluding hydrogens is 480 g/mol. The lowest BCUT2D eigenvalue weighted by Gasteiger charge is -2.46. The standard InChI is InChI=1S/C24H29F2N3O5S/c1-11-19-18(12(2)30)23(32)29(19)20(24(33)34)21(11)35-15-8-17(22(31)27(3)4)28(10-15)9-13-7-14(25)5-6-16(13)26/h5-7,11-12,15,17-19,30H,8-10H2,1-4H3,(H,33,34). The van der Waals surface area contributed by atoms with Crippen LogP contribution in [-0.2, 0) is 20.9 Å². The maximum absolute atomic E-state index is 14.3. The Morgan fingerprint density at radius 2 is 1.97 bits per heavy atom. The van der Waals surface area contributed by atoms with Crippen LogP contribution in [0.25, 0.3) is 0 Å². The van der Waals surface area contributed by atoms with Crippen LogP contribution in [0.3, 0.4) is 0 Å². The van der Waals surface area contributed by atoms with Gasteiger partial charge in [0.25, 0.3) is 0 Å². The van der Waals surface area contributed by atoms with Crippen LogP contribution in [0.5, 0.6) is 0 Å². The molecule has 6 unspecified atom stereocenters. The average molecular weight is 510 g/mol. The van der Waals surface area contributed by atoms with Crippen molar-refractivity contribution in [2.24, 2.45) is 11.8 Å². The van der Waals surface area contributed by atoms with Crippen molar-refractivity contribution in [2.45, 2.75) is 50.3 Å². The number of aliphatic carboxylic acids is 1. The Balaban J connectivity index is 1.59. The number of benzene rings is 1. The third kappa shape index (κ3) is 4.45. The van der Waals surface area contributed by atoms with Crippen LogP contribution >= 0.6 is 11.8 Å². The molecule has 2 amide bonds. The van der Waals surface area contributed by atoms with Crippen molar-refractivity contribution in [1.82, 2.24) is 14.7 Å². The number of amides is 2. The number of nitrogens with zero attached hydrogens (tertiary/aromatic N) is 3. The number of likely N-dealkylation sites (N-methyl/N-ethyl adjacent to an activating group) is 1. The predicted molar refractivity (Wildman–Crippen MR) is 125 cm³/mol. The molecule has 4 rings (SSSR count). The van der Waals surface area contributed by atoms with Gasteiger partial charge in [-0.1, -0.05) is 6.92 Å². The summed E-state index contributed by atoms with van der Waals surface area (Å²) in [7, 11) is 3.25. The average Bonchev–Trinajstić information content (AvgIpc) is 3.27. The number of fused-ring (bicyclic) bond motifs is 1.